The SMILES string of the molecule is N#CC1CCCN1C(=O)CN1CC[C@@H](Nc2ccc3cccnc3c2)C1. The number of carbonyl (C=O) groups is 1. The van der Waals surface area contributed by atoms with Crippen molar-refractivity contribution in [2.75, 3.05) is 31.5 Å². The van der Waals surface area contributed by atoms with Crippen LogP contribution in [0.1, 0.15) is 19.3 Å². The Bertz CT molecular complexity index is 845. The number of anilines is 1. The summed E-state index contributed by atoms with van der Waals surface area (Å²) in [5, 5.41) is 13.9. The van der Waals surface area contributed by atoms with Gasteiger partial charge >= 0.3 is 0 Å². The highest BCUT2D eigenvalue weighted by Crippen LogP contribution is 2.21. The number of nitrogens with one attached hydrogen (secondary N) is 1. The smallest absolute Gasteiger partial charge is 0.237 e. The molecule has 2 aliphatic rings. The normalized spacial score (nSPS) is 23.3. The van der Waals surface area contributed by atoms with E-state index in [1.165, 1.54) is 0 Å². The molecular formula is C20H23N5O. The number of likely N-dealkylation sites (tertiary alicyclic amines) is 2. The van der Waals surface area contributed by atoms with Gasteiger partial charge in [0.05, 0.1) is 18.1 Å². The number of rotatable bonds is 4. The Morgan fingerprint density at radius 3 is 3.12 bits per heavy atom. The van der Waals surface area contributed by atoms with Gasteiger partial charge < -0.3 is 10.2 Å². The number of aromatic nitrogens is 1. The van der Waals surface area contributed by atoms with Crippen molar-refractivity contribution in [2.24, 2.45) is 0 Å². The fourth-order valence-corrected chi connectivity index (χ4v) is 3.97. The van der Waals surface area contributed by atoms with Crippen molar-refractivity contribution in [3.8, 4) is 6.07 Å². The third-order valence-electron chi connectivity index (χ3n) is 5.33. The van der Waals surface area contributed by atoms with E-state index in [0.717, 1.165) is 55.5 Å². The van der Waals surface area contributed by atoms with E-state index in [-0.39, 0.29) is 11.9 Å². The van der Waals surface area contributed by atoms with Crippen molar-refractivity contribution in [3.05, 3.63) is 36.5 Å². The van der Waals surface area contributed by atoms with Gasteiger partial charge in [-0.1, -0.05) is 12.1 Å². The highest BCUT2D eigenvalue weighted by atomic mass is 16.2. The van der Waals surface area contributed by atoms with Crippen LogP contribution in [0.25, 0.3) is 10.9 Å². The minimum atomic E-state index is -0.232. The number of hydrogen-bond acceptors (Lipinski definition) is 5. The van der Waals surface area contributed by atoms with Crippen molar-refractivity contribution in [2.45, 2.75) is 31.3 Å². The molecule has 1 N–H and O–H groups in total. The molecule has 4 rings (SSSR count). The number of nitriles is 1. The zero-order valence-electron chi connectivity index (χ0n) is 14.8. The number of benzene rings is 1. The molecule has 26 heavy (non-hydrogen) atoms. The van der Waals surface area contributed by atoms with Crippen LogP contribution in [0, 0.1) is 11.3 Å². The molecule has 0 aliphatic carbocycles. The summed E-state index contributed by atoms with van der Waals surface area (Å²) < 4.78 is 0. The largest absolute Gasteiger partial charge is 0.381 e. The summed E-state index contributed by atoms with van der Waals surface area (Å²) in [5.74, 6) is 0.0876. The maximum absolute atomic E-state index is 12.5. The second-order valence-corrected chi connectivity index (χ2v) is 7.15. The minimum Gasteiger partial charge on any atom is -0.381 e. The van der Waals surface area contributed by atoms with Crippen molar-refractivity contribution in [3.63, 3.8) is 0 Å². The molecule has 2 aromatic rings. The van der Waals surface area contributed by atoms with Gasteiger partial charge in [-0.2, -0.15) is 5.26 Å². The summed E-state index contributed by atoms with van der Waals surface area (Å²) in [6, 6.07) is 12.6. The molecule has 134 valence electrons. The molecule has 1 aromatic heterocycles. The molecule has 1 aromatic carbocycles. The molecule has 0 saturated carbocycles. The van der Waals surface area contributed by atoms with E-state index in [1.54, 1.807) is 4.90 Å². The summed E-state index contributed by atoms with van der Waals surface area (Å²) in [7, 11) is 0. The fraction of sp³-hybridized carbons (Fsp3) is 0.450. The average molecular weight is 349 g/mol. The van der Waals surface area contributed by atoms with Gasteiger partial charge in [0.25, 0.3) is 0 Å². The standard InChI is InChI=1S/C20H23N5O/c21-12-18-4-2-9-25(18)20(26)14-24-10-7-17(13-24)23-16-6-5-15-3-1-8-22-19(15)11-16/h1,3,5-6,8,11,17-18,23H,2,4,7,9-10,13-14H2/t17-,18?/m1/s1. The Morgan fingerprint density at radius 2 is 2.23 bits per heavy atom. The number of nitrogens with zero attached hydrogens (tertiary/aromatic N) is 4. The molecule has 2 atom stereocenters. The second kappa shape index (κ2) is 7.30. The Labute approximate surface area is 153 Å². The molecule has 1 unspecified atom stereocenters. The second-order valence-electron chi connectivity index (χ2n) is 7.15. The first-order chi connectivity index (χ1) is 12.7. The maximum Gasteiger partial charge on any atom is 0.237 e. The first-order valence-corrected chi connectivity index (χ1v) is 9.26. The molecule has 3 heterocycles. The van der Waals surface area contributed by atoms with Gasteiger partial charge in [-0.3, -0.25) is 14.7 Å². The van der Waals surface area contributed by atoms with Gasteiger partial charge in [0.1, 0.15) is 6.04 Å². The van der Waals surface area contributed by atoms with Crippen LogP contribution in [0.4, 0.5) is 5.69 Å². The van der Waals surface area contributed by atoms with E-state index < -0.39 is 0 Å². The van der Waals surface area contributed by atoms with Gasteiger partial charge in [0, 0.05) is 42.9 Å². The van der Waals surface area contributed by atoms with E-state index >= 15 is 0 Å². The van der Waals surface area contributed by atoms with E-state index in [4.69, 9.17) is 5.26 Å². The molecule has 2 saturated heterocycles. The summed E-state index contributed by atoms with van der Waals surface area (Å²) >= 11 is 0. The molecule has 2 aliphatic heterocycles. The maximum atomic E-state index is 12.5. The quantitative estimate of drug-likeness (QED) is 0.916. The van der Waals surface area contributed by atoms with Crippen molar-refractivity contribution >= 4 is 22.5 Å². The molecule has 2 fully saturated rings. The lowest BCUT2D eigenvalue weighted by molar-refractivity contribution is -0.132. The van der Waals surface area contributed by atoms with Crippen molar-refractivity contribution in [1.82, 2.24) is 14.8 Å². The number of hydrogen-bond donors (Lipinski definition) is 1. The highest BCUT2D eigenvalue weighted by Gasteiger charge is 2.31. The zero-order chi connectivity index (χ0) is 17.9. The van der Waals surface area contributed by atoms with Crippen LogP contribution in [-0.4, -0.2) is 59.0 Å². The van der Waals surface area contributed by atoms with Crippen LogP contribution in [0.2, 0.25) is 0 Å². The third-order valence-corrected chi connectivity index (χ3v) is 5.33. The van der Waals surface area contributed by atoms with Gasteiger partial charge in [0.2, 0.25) is 5.91 Å². The Morgan fingerprint density at radius 1 is 1.31 bits per heavy atom. The van der Waals surface area contributed by atoms with E-state index in [1.807, 2.05) is 12.3 Å². The lowest BCUT2D eigenvalue weighted by atomic mass is 10.2. The van der Waals surface area contributed by atoms with Crippen molar-refractivity contribution < 1.29 is 4.79 Å². The van der Waals surface area contributed by atoms with Crippen molar-refractivity contribution in [1.29, 1.82) is 5.26 Å². The van der Waals surface area contributed by atoms with Crippen LogP contribution < -0.4 is 5.32 Å². The molecule has 6 heteroatoms. The number of carbonyl (C=O) groups excluding carboxylic acids is 1. The van der Waals surface area contributed by atoms with Gasteiger partial charge in [-0.05, 0) is 37.5 Å². The predicted octanol–water partition coefficient (Wildman–Crippen LogP) is 2.24. The molecule has 0 bridgehead atoms. The molecule has 0 spiro atoms. The van der Waals surface area contributed by atoms with Gasteiger partial charge in [-0.15, -0.1) is 0 Å². The van der Waals surface area contributed by atoms with Crippen LogP contribution >= 0.6 is 0 Å². The van der Waals surface area contributed by atoms with Gasteiger partial charge in [-0.25, -0.2) is 0 Å². The Hall–Kier alpha value is -2.65. The summed E-state index contributed by atoms with van der Waals surface area (Å²) in [6.07, 6.45) is 4.56. The molecule has 1 amide bonds. The summed E-state index contributed by atoms with van der Waals surface area (Å²) in [4.78, 5) is 20.8. The van der Waals surface area contributed by atoms with Gasteiger partial charge in [0.15, 0.2) is 0 Å². The first-order valence-electron chi connectivity index (χ1n) is 9.26. The van der Waals surface area contributed by atoms with Crippen LogP contribution in [0.3, 0.4) is 0 Å². The summed E-state index contributed by atoms with van der Waals surface area (Å²) in [6.45, 7) is 2.88. The Kier molecular flexibility index (Phi) is 4.72. The molecular weight excluding hydrogens is 326 g/mol. The van der Waals surface area contributed by atoms with Crippen LogP contribution in [0.5, 0.6) is 0 Å². The summed E-state index contributed by atoms with van der Waals surface area (Å²) in [5.41, 5.74) is 2.05. The van der Waals surface area contributed by atoms with Crippen LogP contribution in [-0.2, 0) is 4.79 Å². The number of pyridine rings is 1. The minimum absolute atomic E-state index is 0.0876. The first kappa shape index (κ1) is 16.8. The Balaban J connectivity index is 1.33. The zero-order valence-corrected chi connectivity index (χ0v) is 14.8. The highest BCUT2D eigenvalue weighted by molar-refractivity contribution is 5.82. The predicted molar refractivity (Wildman–Crippen MR) is 101 cm³/mol. The average Bonchev–Trinajstić information content (AvgIpc) is 3.30. The van der Waals surface area contributed by atoms with Crippen LogP contribution in [0.15, 0.2) is 36.5 Å². The van der Waals surface area contributed by atoms with E-state index in [9.17, 15) is 4.79 Å². The fourth-order valence-electron chi connectivity index (χ4n) is 3.97. The van der Waals surface area contributed by atoms with E-state index in [2.05, 4.69) is 45.5 Å². The topological polar surface area (TPSA) is 72.3 Å². The van der Waals surface area contributed by atoms with E-state index in [0.29, 0.717) is 12.6 Å². The molecule has 0 radical (unpaired) electrons. The third kappa shape index (κ3) is 3.49. The monoisotopic (exact) mass is 349 g/mol. The number of fused-ring (bicyclic) bond motifs is 1. The molecule has 6 nitrogen and oxygen atoms in total. The lowest BCUT2D eigenvalue weighted by Crippen LogP contribution is -2.42. The number of amides is 1. The lowest BCUT2D eigenvalue weighted by Gasteiger charge is -2.23.